The summed E-state index contributed by atoms with van der Waals surface area (Å²) in [6.45, 7) is 0.809. The fourth-order valence-electron chi connectivity index (χ4n) is 1.52. The number of hydrogen-bond donors (Lipinski definition) is 2. The predicted octanol–water partition coefficient (Wildman–Crippen LogP) is 0.400. The van der Waals surface area contributed by atoms with E-state index in [2.05, 4.69) is 26.8 Å². The monoisotopic (exact) mass is 219 g/mol. The Bertz CT molecular complexity index is 187. The Hall–Kier alpha value is -0.290. The molecule has 2 amide bonds. The summed E-state index contributed by atoms with van der Waals surface area (Å²) < 4.78 is 0. The van der Waals surface area contributed by atoms with Gasteiger partial charge in [0.25, 0.3) is 0 Å². The van der Waals surface area contributed by atoms with Crippen molar-refractivity contribution in [1.82, 2.24) is 15.8 Å². The number of urea groups is 1. The van der Waals surface area contributed by atoms with Gasteiger partial charge in [0.1, 0.15) is 6.17 Å². The van der Waals surface area contributed by atoms with E-state index in [-0.39, 0.29) is 12.2 Å². The minimum Gasteiger partial charge on any atom is -0.305 e. The van der Waals surface area contributed by atoms with Gasteiger partial charge in [-0.05, 0) is 12.8 Å². The Labute approximate surface area is 73.4 Å². The molecular weight excluding hydrogens is 210 g/mol. The van der Waals surface area contributed by atoms with E-state index in [1.807, 2.05) is 4.90 Å². The summed E-state index contributed by atoms with van der Waals surface area (Å²) in [6.07, 6.45) is 2.37. The lowest BCUT2D eigenvalue weighted by atomic mass is 10.1. The number of hydrogen-bond acceptors (Lipinski definition) is 2. The zero-order chi connectivity index (χ0) is 7.84. The first-order chi connectivity index (χ1) is 5.27. The van der Waals surface area contributed by atoms with E-state index in [4.69, 9.17) is 0 Å². The van der Waals surface area contributed by atoms with Crippen LogP contribution in [0.5, 0.6) is 0 Å². The Morgan fingerprint density at radius 2 is 2.36 bits per heavy atom. The summed E-state index contributed by atoms with van der Waals surface area (Å²) in [5.41, 5.74) is 5.53. The Balaban J connectivity index is 2.07. The van der Waals surface area contributed by atoms with Gasteiger partial charge in [0.2, 0.25) is 0 Å². The van der Waals surface area contributed by atoms with Crippen molar-refractivity contribution in [3.05, 3.63) is 0 Å². The minimum atomic E-state index is -0.000787. The van der Waals surface area contributed by atoms with Gasteiger partial charge >= 0.3 is 6.03 Å². The highest BCUT2D eigenvalue weighted by Crippen LogP contribution is 2.22. The number of rotatable bonds is 0. The van der Waals surface area contributed by atoms with Gasteiger partial charge in [-0.3, -0.25) is 5.43 Å². The third kappa shape index (κ3) is 1.22. The maximum atomic E-state index is 11.1. The number of carbonyl (C=O) groups is 1. The van der Waals surface area contributed by atoms with Crippen LogP contribution in [0.25, 0.3) is 0 Å². The van der Waals surface area contributed by atoms with E-state index in [0.717, 1.165) is 19.4 Å². The first-order valence-electron chi connectivity index (χ1n) is 3.73. The van der Waals surface area contributed by atoms with Crippen molar-refractivity contribution in [1.29, 1.82) is 0 Å². The average molecular weight is 220 g/mol. The van der Waals surface area contributed by atoms with E-state index in [1.165, 1.54) is 0 Å². The number of hydrazine groups is 1. The lowest BCUT2D eigenvalue weighted by molar-refractivity contribution is 0.182. The molecule has 0 aromatic heterocycles. The van der Waals surface area contributed by atoms with Crippen LogP contribution < -0.4 is 10.9 Å². The molecule has 0 radical (unpaired) electrons. The molecule has 11 heavy (non-hydrogen) atoms. The van der Waals surface area contributed by atoms with Gasteiger partial charge in [-0.25, -0.2) is 10.2 Å². The number of nitrogens with one attached hydrogen (secondary N) is 2. The topological polar surface area (TPSA) is 44.4 Å². The van der Waals surface area contributed by atoms with Gasteiger partial charge in [0, 0.05) is 11.4 Å². The predicted molar refractivity (Wildman–Crippen MR) is 44.1 cm³/mol. The number of fused-ring (bicyclic) bond motifs is 1. The molecule has 2 aliphatic rings. The van der Waals surface area contributed by atoms with E-state index >= 15 is 0 Å². The summed E-state index contributed by atoms with van der Waals surface area (Å²) in [6, 6.07) is -0.000787. The lowest BCUT2D eigenvalue weighted by Gasteiger charge is -2.30. The fourth-order valence-corrected chi connectivity index (χ4v) is 2.09. The third-order valence-electron chi connectivity index (χ3n) is 2.13. The van der Waals surface area contributed by atoms with Crippen molar-refractivity contribution >= 4 is 22.0 Å². The number of amides is 2. The molecule has 0 aliphatic carbocycles. The highest BCUT2D eigenvalue weighted by Gasteiger charge is 2.34. The van der Waals surface area contributed by atoms with Crippen molar-refractivity contribution in [3.8, 4) is 0 Å². The molecule has 62 valence electrons. The molecule has 2 unspecified atom stereocenters. The van der Waals surface area contributed by atoms with Crippen LogP contribution in [0.2, 0.25) is 0 Å². The van der Waals surface area contributed by atoms with Crippen LogP contribution >= 0.6 is 15.9 Å². The van der Waals surface area contributed by atoms with Crippen LogP contribution in [-0.2, 0) is 0 Å². The summed E-state index contributed by atoms with van der Waals surface area (Å²) >= 11 is 3.50. The molecule has 2 atom stereocenters. The van der Waals surface area contributed by atoms with Crippen LogP contribution in [-0.4, -0.2) is 28.5 Å². The van der Waals surface area contributed by atoms with Crippen LogP contribution in [0.1, 0.15) is 12.8 Å². The largest absolute Gasteiger partial charge is 0.333 e. The molecule has 2 rings (SSSR count). The molecule has 0 aromatic rings. The van der Waals surface area contributed by atoms with Gasteiger partial charge in [-0.2, -0.15) is 0 Å². The number of halogens is 1. The van der Waals surface area contributed by atoms with Gasteiger partial charge in [-0.1, -0.05) is 15.9 Å². The van der Waals surface area contributed by atoms with Crippen molar-refractivity contribution < 1.29 is 4.79 Å². The summed E-state index contributed by atoms with van der Waals surface area (Å²) in [4.78, 5) is 13.4. The SMILES string of the molecule is O=C1NNC2CCC(Br)CN12. The molecule has 2 aliphatic heterocycles. The van der Waals surface area contributed by atoms with Gasteiger partial charge in [0.15, 0.2) is 0 Å². The number of piperidine rings is 1. The number of nitrogens with zero attached hydrogens (tertiary/aromatic N) is 1. The van der Waals surface area contributed by atoms with Crippen molar-refractivity contribution in [3.63, 3.8) is 0 Å². The second kappa shape index (κ2) is 2.64. The molecule has 0 aromatic carbocycles. The molecule has 0 saturated carbocycles. The smallest absolute Gasteiger partial charge is 0.305 e. The molecule has 2 saturated heterocycles. The highest BCUT2D eigenvalue weighted by atomic mass is 79.9. The molecule has 0 spiro atoms. The van der Waals surface area contributed by atoms with Crippen LogP contribution in [0.3, 0.4) is 0 Å². The van der Waals surface area contributed by atoms with Gasteiger partial charge < -0.3 is 4.90 Å². The van der Waals surface area contributed by atoms with Gasteiger partial charge in [-0.15, -0.1) is 0 Å². The molecule has 2 heterocycles. The maximum Gasteiger partial charge on any atom is 0.333 e. The fraction of sp³-hybridized carbons (Fsp3) is 0.833. The van der Waals surface area contributed by atoms with Crippen molar-refractivity contribution in [2.45, 2.75) is 23.8 Å². The molecule has 5 heteroatoms. The van der Waals surface area contributed by atoms with Crippen molar-refractivity contribution in [2.24, 2.45) is 0 Å². The molecule has 2 fully saturated rings. The quantitative estimate of drug-likeness (QED) is 0.580. The summed E-state index contributed by atoms with van der Waals surface area (Å²) in [5, 5.41) is 0. The second-order valence-electron chi connectivity index (χ2n) is 2.92. The van der Waals surface area contributed by atoms with Crippen LogP contribution in [0, 0.1) is 0 Å². The molecular formula is C6H10BrN3O. The van der Waals surface area contributed by atoms with Crippen LogP contribution in [0.4, 0.5) is 4.79 Å². The lowest BCUT2D eigenvalue weighted by Crippen LogP contribution is -2.44. The Kier molecular flexibility index (Phi) is 1.77. The summed E-state index contributed by atoms with van der Waals surface area (Å²) in [5.74, 6) is 0. The first-order valence-corrected chi connectivity index (χ1v) is 4.65. The normalized spacial score (nSPS) is 36.8. The minimum absolute atomic E-state index is 0.000787. The molecule has 2 N–H and O–H groups in total. The number of carbonyl (C=O) groups excluding carboxylic acids is 1. The van der Waals surface area contributed by atoms with E-state index in [0.29, 0.717) is 4.83 Å². The third-order valence-corrected chi connectivity index (χ3v) is 2.88. The zero-order valence-corrected chi connectivity index (χ0v) is 7.60. The van der Waals surface area contributed by atoms with Crippen molar-refractivity contribution in [2.75, 3.05) is 6.54 Å². The second-order valence-corrected chi connectivity index (χ2v) is 4.21. The Morgan fingerprint density at radius 1 is 1.55 bits per heavy atom. The highest BCUT2D eigenvalue weighted by molar-refractivity contribution is 9.09. The molecule has 4 nitrogen and oxygen atoms in total. The Morgan fingerprint density at radius 3 is 3.18 bits per heavy atom. The van der Waals surface area contributed by atoms with Crippen LogP contribution in [0.15, 0.2) is 0 Å². The van der Waals surface area contributed by atoms with E-state index in [1.54, 1.807) is 0 Å². The van der Waals surface area contributed by atoms with E-state index in [9.17, 15) is 4.79 Å². The van der Waals surface area contributed by atoms with E-state index < -0.39 is 0 Å². The average Bonchev–Trinajstić information content (AvgIpc) is 2.33. The first kappa shape index (κ1) is 7.36. The maximum absolute atomic E-state index is 11.1. The molecule has 0 bridgehead atoms. The number of alkyl halides is 1. The zero-order valence-electron chi connectivity index (χ0n) is 6.01. The summed E-state index contributed by atoms with van der Waals surface area (Å²) in [7, 11) is 0. The van der Waals surface area contributed by atoms with Gasteiger partial charge in [0.05, 0.1) is 0 Å². The standard InChI is InChI=1S/C6H10BrN3O/c7-4-1-2-5-8-9-6(11)10(5)3-4/h4-5,8H,1-3H2,(H,9,11).